The van der Waals surface area contributed by atoms with Gasteiger partial charge in [0.05, 0.1) is 23.4 Å². The molecule has 1 aromatic carbocycles. The molecule has 0 bridgehead atoms. The van der Waals surface area contributed by atoms with Gasteiger partial charge in [-0.3, -0.25) is 14.6 Å². The molecule has 1 aliphatic heterocycles. The Labute approximate surface area is 172 Å². The van der Waals surface area contributed by atoms with E-state index in [-0.39, 0.29) is 11.4 Å². The molecule has 2 aliphatic rings. The quantitative estimate of drug-likeness (QED) is 0.744. The number of nitrogens with zero attached hydrogens (tertiary/aromatic N) is 3. The number of carbonyl (C=O) groups excluding carboxylic acids is 1. The summed E-state index contributed by atoms with van der Waals surface area (Å²) in [5.74, 6) is 0.738. The van der Waals surface area contributed by atoms with Crippen LogP contribution in [0.4, 0.5) is 5.88 Å². The normalized spacial score (nSPS) is 18.6. The number of nitriles is 1. The minimum Gasteiger partial charge on any atom is -0.448 e. The van der Waals surface area contributed by atoms with Gasteiger partial charge in [-0.2, -0.15) is 5.26 Å². The Hall–Kier alpha value is -2.58. The summed E-state index contributed by atoms with van der Waals surface area (Å²) in [6.07, 6.45) is 9.20. The Morgan fingerprint density at radius 3 is 2.76 bits per heavy atom. The van der Waals surface area contributed by atoms with Crippen LogP contribution < -0.4 is 4.90 Å². The lowest BCUT2D eigenvalue weighted by atomic mass is 9.77. The van der Waals surface area contributed by atoms with Crippen molar-refractivity contribution in [1.82, 2.24) is 4.90 Å². The van der Waals surface area contributed by atoms with E-state index in [4.69, 9.17) is 9.68 Å². The minimum absolute atomic E-state index is 0.0647. The zero-order chi connectivity index (χ0) is 20.3. The summed E-state index contributed by atoms with van der Waals surface area (Å²) in [6.45, 7) is 4.53. The molecular formula is C24H29N3O2. The molecule has 0 N–H and O–H groups in total. The highest BCUT2D eigenvalue weighted by atomic mass is 16.3. The van der Waals surface area contributed by atoms with Gasteiger partial charge in [0.15, 0.2) is 0 Å². The molecule has 4 rings (SSSR count). The lowest BCUT2D eigenvalue weighted by Crippen LogP contribution is -2.54. The Balaban J connectivity index is 1.50. The van der Waals surface area contributed by atoms with Crippen molar-refractivity contribution in [3.8, 4) is 6.07 Å². The fourth-order valence-electron chi connectivity index (χ4n) is 5.15. The Morgan fingerprint density at radius 2 is 2.07 bits per heavy atom. The average molecular weight is 392 g/mol. The topological polar surface area (TPSA) is 60.5 Å². The Bertz CT molecular complexity index is 891. The van der Waals surface area contributed by atoms with Crippen molar-refractivity contribution in [2.45, 2.75) is 64.0 Å². The highest BCUT2D eigenvalue weighted by molar-refractivity contribution is 5.91. The van der Waals surface area contributed by atoms with Crippen LogP contribution in [0.1, 0.15) is 62.1 Å². The fraction of sp³-hybridized carbons (Fsp3) is 0.500. The van der Waals surface area contributed by atoms with Gasteiger partial charge in [-0.05, 0) is 55.0 Å². The zero-order valence-electron chi connectivity index (χ0n) is 17.2. The molecule has 1 fully saturated rings. The number of benzene rings is 1. The largest absolute Gasteiger partial charge is 0.448 e. The first kappa shape index (κ1) is 19.7. The predicted octanol–water partition coefficient (Wildman–Crippen LogP) is 4.66. The maximum Gasteiger partial charge on any atom is 0.226 e. The standard InChI is InChI=1S/C24H29N3O2/c1-19(28)27(23-6-5-15-29-23)24(10-3-2-4-11-24)12-14-26-13-9-21-16-20(17-25)7-8-22(21)18-26/h5-8,15-16H,2-4,9-14,18H2,1H3. The molecular weight excluding hydrogens is 362 g/mol. The SMILES string of the molecule is CC(=O)N(c1ccco1)C1(CCN2CCc3cc(C#N)ccc3C2)CCCCC1. The third kappa shape index (κ3) is 4.09. The summed E-state index contributed by atoms with van der Waals surface area (Å²) in [6, 6.07) is 12.0. The van der Waals surface area contributed by atoms with Crippen LogP contribution in [0.25, 0.3) is 0 Å². The monoisotopic (exact) mass is 391 g/mol. The third-order valence-electron chi connectivity index (χ3n) is 6.62. The first-order valence-corrected chi connectivity index (χ1v) is 10.7. The van der Waals surface area contributed by atoms with E-state index in [1.807, 2.05) is 29.2 Å². The number of amides is 1. The molecule has 1 aliphatic carbocycles. The van der Waals surface area contributed by atoms with E-state index in [0.29, 0.717) is 5.88 Å². The van der Waals surface area contributed by atoms with E-state index >= 15 is 0 Å². The second kappa shape index (κ2) is 8.42. The van der Waals surface area contributed by atoms with Crippen LogP contribution >= 0.6 is 0 Å². The Kier molecular flexibility index (Phi) is 5.73. The summed E-state index contributed by atoms with van der Waals surface area (Å²) in [7, 11) is 0. The summed E-state index contributed by atoms with van der Waals surface area (Å²) in [4.78, 5) is 17.1. The van der Waals surface area contributed by atoms with Gasteiger partial charge in [0.1, 0.15) is 0 Å². The van der Waals surface area contributed by atoms with Crippen LogP contribution in [0.2, 0.25) is 0 Å². The molecule has 1 amide bonds. The lowest BCUT2D eigenvalue weighted by Gasteiger charge is -2.46. The van der Waals surface area contributed by atoms with Gasteiger partial charge in [-0.25, -0.2) is 0 Å². The van der Waals surface area contributed by atoms with E-state index in [0.717, 1.165) is 63.7 Å². The summed E-state index contributed by atoms with van der Waals surface area (Å²) >= 11 is 0. The second-order valence-electron chi connectivity index (χ2n) is 8.46. The van der Waals surface area contributed by atoms with Crippen LogP contribution in [0.15, 0.2) is 41.0 Å². The predicted molar refractivity (Wildman–Crippen MR) is 112 cm³/mol. The summed E-state index contributed by atoms with van der Waals surface area (Å²) in [5, 5.41) is 9.12. The molecule has 29 heavy (non-hydrogen) atoms. The molecule has 0 saturated heterocycles. The Morgan fingerprint density at radius 1 is 1.24 bits per heavy atom. The van der Waals surface area contributed by atoms with E-state index in [1.165, 1.54) is 17.5 Å². The second-order valence-corrected chi connectivity index (χ2v) is 8.46. The molecule has 0 radical (unpaired) electrons. The smallest absolute Gasteiger partial charge is 0.226 e. The van der Waals surface area contributed by atoms with E-state index in [2.05, 4.69) is 17.0 Å². The fourth-order valence-corrected chi connectivity index (χ4v) is 5.15. The number of hydrogen-bond acceptors (Lipinski definition) is 4. The number of hydrogen-bond donors (Lipinski definition) is 0. The molecule has 0 unspecified atom stereocenters. The van der Waals surface area contributed by atoms with Crippen molar-refractivity contribution in [3.63, 3.8) is 0 Å². The number of rotatable bonds is 5. The van der Waals surface area contributed by atoms with Gasteiger partial charge < -0.3 is 4.42 Å². The van der Waals surface area contributed by atoms with Crippen molar-refractivity contribution in [3.05, 3.63) is 53.3 Å². The minimum atomic E-state index is -0.160. The zero-order valence-corrected chi connectivity index (χ0v) is 17.2. The van der Waals surface area contributed by atoms with E-state index < -0.39 is 0 Å². The maximum atomic E-state index is 12.6. The van der Waals surface area contributed by atoms with Gasteiger partial charge >= 0.3 is 0 Å². The van der Waals surface area contributed by atoms with Crippen LogP contribution in [-0.4, -0.2) is 29.4 Å². The van der Waals surface area contributed by atoms with Crippen LogP contribution in [-0.2, 0) is 17.8 Å². The van der Waals surface area contributed by atoms with Crippen molar-refractivity contribution in [2.75, 3.05) is 18.0 Å². The highest BCUT2D eigenvalue weighted by Gasteiger charge is 2.41. The van der Waals surface area contributed by atoms with E-state index in [1.54, 1.807) is 13.2 Å². The molecule has 0 atom stereocenters. The van der Waals surface area contributed by atoms with Gasteiger partial charge in [0.25, 0.3) is 0 Å². The molecule has 0 spiro atoms. The highest BCUT2D eigenvalue weighted by Crippen LogP contribution is 2.40. The van der Waals surface area contributed by atoms with Gasteiger partial charge in [0, 0.05) is 32.6 Å². The number of furan rings is 1. The first-order valence-electron chi connectivity index (χ1n) is 10.7. The van der Waals surface area contributed by atoms with Crippen molar-refractivity contribution < 1.29 is 9.21 Å². The van der Waals surface area contributed by atoms with Crippen LogP contribution in [0.3, 0.4) is 0 Å². The van der Waals surface area contributed by atoms with Crippen molar-refractivity contribution >= 4 is 11.8 Å². The molecule has 2 aromatic rings. The molecule has 5 heteroatoms. The first-order chi connectivity index (χ1) is 14.1. The van der Waals surface area contributed by atoms with Crippen LogP contribution in [0, 0.1) is 11.3 Å². The van der Waals surface area contributed by atoms with Crippen LogP contribution in [0.5, 0.6) is 0 Å². The maximum absolute atomic E-state index is 12.6. The lowest BCUT2D eigenvalue weighted by molar-refractivity contribution is -0.118. The summed E-state index contributed by atoms with van der Waals surface area (Å²) in [5.41, 5.74) is 3.21. The third-order valence-corrected chi connectivity index (χ3v) is 6.62. The van der Waals surface area contributed by atoms with Gasteiger partial charge in [0.2, 0.25) is 11.8 Å². The van der Waals surface area contributed by atoms with Crippen molar-refractivity contribution in [2.24, 2.45) is 0 Å². The summed E-state index contributed by atoms with van der Waals surface area (Å²) < 4.78 is 5.66. The van der Waals surface area contributed by atoms with Gasteiger partial charge in [-0.15, -0.1) is 0 Å². The number of carbonyl (C=O) groups is 1. The molecule has 152 valence electrons. The van der Waals surface area contributed by atoms with Crippen molar-refractivity contribution in [1.29, 1.82) is 5.26 Å². The molecule has 5 nitrogen and oxygen atoms in total. The number of anilines is 1. The average Bonchev–Trinajstić information content (AvgIpc) is 3.26. The molecule has 1 aromatic heterocycles. The molecule has 1 saturated carbocycles. The molecule has 2 heterocycles. The van der Waals surface area contributed by atoms with Gasteiger partial charge in [-0.1, -0.05) is 25.3 Å². The van der Waals surface area contributed by atoms with E-state index in [9.17, 15) is 4.79 Å². The number of fused-ring (bicyclic) bond motifs is 1.